The van der Waals surface area contributed by atoms with Gasteiger partial charge in [-0.3, -0.25) is 0 Å². The Balaban J connectivity index is 2.13. The molecule has 0 bridgehead atoms. The number of rotatable bonds is 4. The number of hydrogen-bond acceptors (Lipinski definition) is 3. The summed E-state index contributed by atoms with van der Waals surface area (Å²) < 4.78 is 27.1. The fourth-order valence-corrected chi connectivity index (χ4v) is 4.45. The highest BCUT2D eigenvalue weighted by molar-refractivity contribution is 7.89. The van der Waals surface area contributed by atoms with Crippen LogP contribution in [0, 0.1) is 11.8 Å². The van der Waals surface area contributed by atoms with Gasteiger partial charge in [-0.1, -0.05) is 36.5 Å². The van der Waals surface area contributed by atoms with Crippen LogP contribution in [0.3, 0.4) is 0 Å². The van der Waals surface area contributed by atoms with Crippen molar-refractivity contribution < 1.29 is 8.42 Å². The lowest BCUT2D eigenvalue weighted by Gasteiger charge is -2.13. The quantitative estimate of drug-likeness (QED) is 0.828. The molecule has 3 N–H and O–H groups in total. The molecule has 112 valence electrons. The number of nitrogens with one attached hydrogen (secondary N) is 1. The van der Waals surface area contributed by atoms with Crippen LogP contribution in [0.5, 0.6) is 0 Å². The first kappa shape index (κ1) is 15.9. The third-order valence-electron chi connectivity index (χ3n) is 3.75. The Labute approximate surface area is 129 Å². The van der Waals surface area contributed by atoms with Crippen LogP contribution in [0.1, 0.15) is 26.2 Å². The summed E-state index contributed by atoms with van der Waals surface area (Å²) in [6, 6.07) is 2.82. The number of sulfonamides is 1. The summed E-state index contributed by atoms with van der Waals surface area (Å²) in [7, 11) is -3.66. The van der Waals surface area contributed by atoms with Gasteiger partial charge in [-0.2, -0.15) is 0 Å². The molecule has 2 rings (SSSR count). The van der Waals surface area contributed by atoms with Gasteiger partial charge in [0.1, 0.15) is 4.90 Å². The number of hydrogen-bond donors (Lipinski definition) is 2. The predicted molar refractivity (Wildman–Crippen MR) is 82.6 cm³/mol. The van der Waals surface area contributed by atoms with Crippen molar-refractivity contribution in [2.75, 3.05) is 12.3 Å². The van der Waals surface area contributed by atoms with Crippen molar-refractivity contribution in [2.45, 2.75) is 31.1 Å². The topological polar surface area (TPSA) is 72.2 Å². The largest absolute Gasteiger partial charge is 0.396 e. The van der Waals surface area contributed by atoms with Crippen LogP contribution in [0.2, 0.25) is 10.0 Å². The van der Waals surface area contributed by atoms with E-state index in [0.717, 1.165) is 19.3 Å². The van der Waals surface area contributed by atoms with Crippen molar-refractivity contribution in [3.05, 3.63) is 22.2 Å². The first-order chi connectivity index (χ1) is 9.31. The summed E-state index contributed by atoms with van der Waals surface area (Å²) in [5, 5.41) is 0.225. The van der Waals surface area contributed by atoms with Gasteiger partial charge < -0.3 is 5.73 Å². The lowest BCUT2D eigenvalue weighted by molar-refractivity contribution is 0.498. The molecule has 0 radical (unpaired) electrons. The second kappa shape index (κ2) is 6.10. The van der Waals surface area contributed by atoms with Crippen LogP contribution in [-0.4, -0.2) is 15.0 Å². The van der Waals surface area contributed by atoms with Gasteiger partial charge in [-0.15, -0.1) is 0 Å². The molecule has 0 saturated heterocycles. The predicted octanol–water partition coefficient (Wildman–Crippen LogP) is 3.29. The van der Waals surface area contributed by atoms with Crippen LogP contribution < -0.4 is 10.5 Å². The van der Waals surface area contributed by atoms with E-state index in [1.807, 2.05) is 0 Å². The Morgan fingerprint density at radius 3 is 2.65 bits per heavy atom. The molecule has 1 aromatic rings. The summed E-state index contributed by atoms with van der Waals surface area (Å²) >= 11 is 11.8. The maximum atomic E-state index is 12.3. The summed E-state index contributed by atoms with van der Waals surface area (Å²) in [6.45, 7) is 2.62. The highest BCUT2D eigenvalue weighted by Gasteiger charge is 2.25. The Bertz CT molecular complexity index is 605. The van der Waals surface area contributed by atoms with Crippen LogP contribution >= 0.6 is 23.2 Å². The molecule has 1 saturated carbocycles. The smallest absolute Gasteiger partial charge is 0.242 e. The average Bonchev–Trinajstić information content (AvgIpc) is 2.79. The standard InChI is InChI=1S/C13H18Cl2N2O2S/c1-8-2-3-9(6-8)7-17-20(18,19)11-5-4-10(14)13(16)12(11)15/h4-5,8-9,17H,2-3,6-7,16H2,1H3. The number of benzene rings is 1. The summed E-state index contributed by atoms with van der Waals surface area (Å²) in [5.41, 5.74) is 5.75. The zero-order valence-corrected chi connectivity index (χ0v) is 13.5. The van der Waals surface area contributed by atoms with E-state index in [1.165, 1.54) is 12.1 Å². The molecule has 0 heterocycles. The van der Waals surface area contributed by atoms with Gasteiger partial charge in [0.2, 0.25) is 10.0 Å². The molecular weight excluding hydrogens is 319 g/mol. The Kier molecular flexibility index (Phi) is 4.84. The van der Waals surface area contributed by atoms with Crippen molar-refractivity contribution in [1.82, 2.24) is 4.72 Å². The Morgan fingerprint density at radius 2 is 2.05 bits per heavy atom. The molecule has 0 aromatic heterocycles. The summed E-state index contributed by atoms with van der Waals surface area (Å²) in [5.74, 6) is 1.06. The molecule has 1 aromatic carbocycles. The second-order valence-corrected chi connectivity index (χ2v) is 7.93. The van der Waals surface area contributed by atoms with Crippen molar-refractivity contribution in [1.29, 1.82) is 0 Å². The van der Waals surface area contributed by atoms with E-state index in [0.29, 0.717) is 18.4 Å². The monoisotopic (exact) mass is 336 g/mol. The van der Waals surface area contributed by atoms with E-state index in [4.69, 9.17) is 28.9 Å². The first-order valence-electron chi connectivity index (χ1n) is 6.54. The van der Waals surface area contributed by atoms with E-state index in [2.05, 4.69) is 11.6 Å². The lowest BCUT2D eigenvalue weighted by atomic mass is 10.1. The zero-order valence-electron chi connectivity index (χ0n) is 11.2. The molecule has 0 amide bonds. The van der Waals surface area contributed by atoms with Crippen molar-refractivity contribution in [3.63, 3.8) is 0 Å². The van der Waals surface area contributed by atoms with E-state index in [1.54, 1.807) is 0 Å². The maximum Gasteiger partial charge on any atom is 0.242 e. The molecule has 20 heavy (non-hydrogen) atoms. The minimum atomic E-state index is -3.66. The van der Waals surface area contributed by atoms with Gasteiger partial charge in [0, 0.05) is 6.54 Å². The van der Waals surface area contributed by atoms with Crippen molar-refractivity contribution in [3.8, 4) is 0 Å². The van der Waals surface area contributed by atoms with Gasteiger partial charge in [-0.05, 0) is 36.8 Å². The third kappa shape index (κ3) is 3.39. The van der Waals surface area contributed by atoms with E-state index in [9.17, 15) is 8.42 Å². The Hall–Kier alpha value is -0.490. The number of halogens is 2. The van der Waals surface area contributed by atoms with Crippen LogP contribution in [0.15, 0.2) is 17.0 Å². The van der Waals surface area contributed by atoms with E-state index >= 15 is 0 Å². The molecule has 1 aliphatic rings. The summed E-state index contributed by atoms with van der Waals surface area (Å²) in [6.07, 6.45) is 3.26. The third-order valence-corrected chi connectivity index (χ3v) is 6.06. The molecular formula is C13H18Cl2N2O2S. The number of nitrogens with two attached hydrogens (primary N) is 1. The van der Waals surface area contributed by atoms with Crippen LogP contribution in [0.25, 0.3) is 0 Å². The average molecular weight is 337 g/mol. The highest BCUT2D eigenvalue weighted by atomic mass is 35.5. The molecule has 2 unspecified atom stereocenters. The first-order valence-corrected chi connectivity index (χ1v) is 8.78. The molecule has 4 nitrogen and oxygen atoms in total. The van der Waals surface area contributed by atoms with Gasteiger partial charge in [0.15, 0.2) is 0 Å². The van der Waals surface area contributed by atoms with Crippen LogP contribution in [-0.2, 0) is 10.0 Å². The normalized spacial score (nSPS) is 23.1. The molecule has 2 atom stereocenters. The van der Waals surface area contributed by atoms with Gasteiger partial charge in [0.05, 0.1) is 15.7 Å². The van der Waals surface area contributed by atoms with Gasteiger partial charge in [0.25, 0.3) is 0 Å². The van der Waals surface area contributed by atoms with Gasteiger partial charge in [-0.25, -0.2) is 13.1 Å². The number of anilines is 1. The van der Waals surface area contributed by atoms with Crippen molar-refractivity contribution in [2.24, 2.45) is 11.8 Å². The number of nitrogen functional groups attached to an aromatic ring is 1. The SMILES string of the molecule is CC1CCC(CNS(=O)(=O)c2ccc(Cl)c(N)c2Cl)C1. The zero-order chi connectivity index (χ0) is 14.9. The molecule has 1 aliphatic carbocycles. The van der Waals surface area contributed by atoms with E-state index in [-0.39, 0.29) is 20.6 Å². The minimum absolute atomic E-state index is 0.0212. The minimum Gasteiger partial charge on any atom is -0.396 e. The summed E-state index contributed by atoms with van der Waals surface area (Å²) in [4.78, 5) is -0.0212. The van der Waals surface area contributed by atoms with Crippen LogP contribution in [0.4, 0.5) is 5.69 Å². The molecule has 0 aliphatic heterocycles. The molecule has 0 spiro atoms. The van der Waals surface area contributed by atoms with Gasteiger partial charge >= 0.3 is 0 Å². The molecule has 7 heteroatoms. The Morgan fingerprint density at radius 1 is 1.35 bits per heavy atom. The fraction of sp³-hybridized carbons (Fsp3) is 0.538. The second-order valence-electron chi connectivity index (χ2n) is 5.41. The fourth-order valence-electron chi connectivity index (χ4n) is 2.57. The van der Waals surface area contributed by atoms with E-state index < -0.39 is 10.0 Å². The van der Waals surface area contributed by atoms with Crippen molar-refractivity contribution >= 4 is 38.9 Å². The highest BCUT2D eigenvalue weighted by Crippen LogP contribution is 2.34. The lowest BCUT2D eigenvalue weighted by Crippen LogP contribution is -2.29. The molecule has 1 fully saturated rings. The maximum absolute atomic E-state index is 12.3.